The minimum absolute atomic E-state index is 0.0627. The lowest BCUT2D eigenvalue weighted by molar-refractivity contribution is 0.0912. The Kier molecular flexibility index (Phi) is 4.60. The highest BCUT2D eigenvalue weighted by atomic mass is 32.2. The summed E-state index contributed by atoms with van der Waals surface area (Å²) in [5, 5.41) is 9.53. The molecule has 0 saturated carbocycles. The van der Waals surface area contributed by atoms with Crippen LogP contribution in [0.15, 0.2) is 30.3 Å². The fourth-order valence-corrected chi connectivity index (χ4v) is 4.08. The first-order valence-corrected chi connectivity index (χ1v) is 8.30. The average Bonchev–Trinajstić information content (AvgIpc) is 2.39. The fraction of sp³-hybridized carbons (Fsp3) is 0.571. The molecule has 1 heterocycles. The quantitative estimate of drug-likeness (QED) is 0.913. The van der Waals surface area contributed by atoms with E-state index in [1.165, 1.54) is 0 Å². The third-order valence-corrected chi connectivity index (χ3v) is 5.62. The lowest BCUT2D eigenvalue weighted by Crippen LogP contribution is -2.41. The zero-order chi connectivity index (χ0) is 13.9. The van der Waals surface area contributed by atoms with Crippen LogP contribution < -0.4 is 0 Å². The number of piperidine rings is 1. The summed E-state index contributed by atoms with van der Waals surface area (Å²) in [4.78, 5) is 0. The minimum atomic E-state index is -3.23. The van der Waals surface area contributed by atoms with Crippen LogP contribution in [0.5, 0.6) is 0 Å². The smallest absolute Gasteiger partial charge is 0.218 e. The number of sulfonamides is 1. The Labute approximate surface area is 115 Å². The second-order valence-corrected chi connectivity index (χ2v) is 7.19. The van der Waals surface area contributed by atoms with Crippen LogP contribution >= 0.6 is 0 Å². The summed E-state index contributed by atoms with van der Waals surface area (Å²) in [6, 6.07) is 9.25. The van der Waals surface area contributed by atoms with E-state index in [0.29, 0.717) is 13.1 Å². The van der Waals surface area contributed by atoms with Crippen molar-refractivity contribution >= 4 is 10.0 Å². The molecule has 0 spiro atoms. The Morgan fingerprint density at radius 1 is 1.26 bits per heavy atom. The number of rotatable bonds is 4. The Morgan fingerprint density at radius 2 is 1.84 bits per heavy atom. The van der Waals surface area contributed by atoms with Crippen LogP contribution in [0.3, 0.4) is 0 Å². The maximum atomic E-state index is 12.3. The summed E-state index contributed by atoms with van der Waals surface area (Å²) in [7, 11) is -3.23. The van der Waals surface area contributed by atoms with E-state index in [1.807, 2.05) is 30.3 Å². The van der Waals surface area contributed by atoms with Gasteiger partial charge in [0.15, 0.2) is 0 Å². The zero-order valence-corrected chi connectivity index (χ0v) is 12.0. The molecule has 1 aliphatic heterocycles. The summed E-state index contributed by atoms with van der Waals surface area (Å²) in [6.07, 6.45) is 1.14. The molecule has 1 aromatic carbocycles. The van der Waals surface area contributed by atoms with E-state index in [0.717, 1.165) is 18.4 Å². The van der Waals surface area contributed by atoms with E-state index in [-0.39, 0.29) is 17.8 Å². The van der Waals surface area contributed by atoms with Crippen molar-refractivity contribution in [2.24, 2.45) is 5.92 Å². The van der Waals surface area contributed by atoms with Gasteiger partial charge in [-0.05, 0) is 31.2 Å². The van der Waals surface area contributed by atoms with Gasteiger partial charge in [-0.1, -0.05) is 30.3 Å². The Morgan fingerprint density at radius 3 is 2.37 bits per heavy atom. The van der Waals surface area contributed by atoms with Crippen molar-refractivity contribution in [3.8, 4) is 0 Å². The molecule has 0 aromatic heterocycles. The van der Waals surface area contributed by atoms with Gasteiger partial charge in [0.2, 0.25) is 10.0 Å². The number of aliphatic hydroxyl groups excluding tert-OH is 1. The van der Waals surface area contributed by atoms with Crippen LogP contribution in [0.2, 0.25) is 0 Å². The van der Waals surface area contributed by atoms with Crippen molar-refractivity contribution in [2.75, 3.05) is 13.1 Å². The molecule has 4 nitrogen and oxygen atoms in total. The molecule has 0 bridgehead atoms. The van der Waals surface area contributed by atoms with Gasteiger partial charge in [-0.2, -0.15) is 0 Å². The lowest BCUT2D eigenvalue weighted by atomic mass is 9.93. The van der Waals surface area contributed by atoms with Crippen molar-refractivity contribution in [1.82, 2.24) is 4.31 Å². The van der Waals surface area contributed by atoms with Gasteiger partial charge in [0, 0.05) is 13.1 Å². The number of hydrogen-bond acceptors (Lipinski definition) is 3. The van der Waals surface area contributed by atoms with Crippen molar-refractivity contribution in [3.05, 3.63) is 35.9 Å². The summed E-state index contributed by atoms with van der Waals surface area (Å²) in [5.74, 6) is 0.288. The largest absolute Gasteiger partial charge is 0.393 e. The first-order valence-electron chi connectivity index (χ1n) is 6.69. The van der Waals surface area contributed by atoms with Gasteiger partial charge in [0.1, 0.15) is 0 Å². The molecular formula is C14H21NO3S. The highest BCUT2D eigenvalue weighted by molar-refractivity contribution is 7.88. The minimum Gasteiger partial charge on any atom is -0.393 e. The summed E-state index contributed by atoms with van der Waals surface area (Å²) in [5.41, 5.74) is 0.820. The van der Waals surface area contributed by atoms with Gasteiger partial charge in [-0.3, -0.25) is 0 Å². The molecule has 2 rings (SSSR count). The number of hydrogen-bond donors (Lipinski definition) is 1. The van der Waals surface area contributed by atoms with Gasteiger partial charge in [0.25, 0.3) is 0 Å². The summed E-state index contributed by atoms with van der Waals surface area (Å²) >= 11 is 0. The SMILES string of the molecule is CC(O)C1CCN(S(=O)(=O)Cc2ccccc2)CC1. The second-order valence-electron chi connectivity index (χ2n) is 5.22. The van der Waals surface area contributed by atoms with Crippen LogP contribution in [0.25, 0.3) is 0 Å². The molecule has 1 N–H and O–H groups in total. The van der Waals surface area contributed by atoms with Crippen LogP contribution in [-0.2, 0) is 15.8 Å². The Hall–Kier alpha value is -0.910. The van der Waals surface area contributed by atoms with Crippen LogP contribution in [0, 0.1) is 5.92 Å². The van der Waals surface area contributed by atoms with Crippen LogP contribution in [0.4, 0.5) is 0 Å². The second kappa shape index (κ2) is 6.03. The molecule has 0 radical (unpaired) electrons. The van der Waals surface area contributed by atoms with Gasteiger partial charge in [-0.15, -0.1) is 0 Å². The van der Waals surface area contributed by atoms with E-state index >= 15 is 0 Å². The molecule has 1 fully saturated rings. The van der Waals surface area contributed by atoms with Crippen molar-refractivity contribution < 1.29 is 13.5 Å². The molecular weight excluding hydrogens is 262 g/mol. The molecule has 1 saturated heterocycles. The molecule has 0 aliphatic carbocycles. The van der Waals surface area contributed by atoms with E-state index in [1.54, 1.807) is 11.2 Å². The summed E-state index contributed by atoms with van der Waals surface area (Å²) in [6.45, 7) is 2.81. The topological polar surface area (TPSA) is 57.6 Å². The van der Waals surface area contributed by atoms with Gasteiger partial charge in [0.05, 0.1) is 11.9 Å². The number of aliphatic hydroxyl groups is 1. The number of nitrogens with zero attached hydrogens (tertiary/aromatic N) is 1. The molecule has 0 amide bonds. The molecule has 1 aromatic rings. The Balaban J connectivity index is 1.98. The maximum Gasteiger partial charge on any atom is 0.218 e. The maximum absolute atomic E-state index is 12.3. The van der Waals surface area contributed by atoms with E-state index in [2.05, 4.69) is 0 Å². The molecule has 5 heteroatoms. The van der Waals surface area contributed by atoms with Gasteiger partial charge in [-0.25, -0.2) is 12.7 Å². The van der Waals surface area contributed by atoms with Gasteiger partial charge < -0.3 is 5.11 Å². The monoisotopic (exact) mass is 283 g/mol. The fourth-order valence-electron chi connectivity index (χ4n) is 2.51. The van der Waals surface area contributed by atoms with Crippen LogP contribution in [0.1, 0.15) is 25.3 Å². The van der Waals surface area contributed by atoms with Crippen molar-refractivity contribution in [1.29, 1.82) is 0 Å². The first kappa shape index (κ1) is 14.5. The summed E-state index contributed by atoms with van der Waals surface area (Å²) < 4.78 is 26.1. The van der Waals surface area contributed by atoms with Gasteiger partial charge >= 0.3 is 0 Å². The number of benzene rings is 1. The predicted molar refractivity (Wildman–Crippen MR) is 75.0 cm³/mol. The highest BCUT2D eigenvalue weighted by Gasteiger charge is 2.29. The zero-order valence-electron chi connectivity index (χ0n) is 11.2. The van der Waals surface area contributed by atoms with E-state index in [9.17, 15) is 13.5 Å². The van der Waals surface area contributed by atoms with Crippen molar-refractivity contribution in [2.45, 2.75) is 31.6 Å². The van der Waals surface area contributed by atoms with Crippen LogP contribution in [-0.4, -0.2) is 37.0 Å². The van der Waals surface area contributed by atoms with Crippen molar-refractivity contribution in [3.63, 3.8) is 0 Å². The average molecular weight is 283 g/mol. The third kappa shape index (κ3) is 3.78. The standard InChI is InChI=1S/C14H21NO3S/c1-12(16)14-7-9-15(10-8-14)19(17,18)11-13-5-3-2-4-6-13/h2-6,12,14,16H,7-11H2,1H3. The van der Waals surface area contributed by atoms with E-state index in [4.69, 9.17) is 0 Å². The third-order valence-electron chi connectivity index (χ3n) is 3.77. The Bertz CT molecular complexity index is 491. The predicted octanol–water partition coefficient (Wildman–Crippen LogP) is 1.61. The first-order chi connectivity index (χ1) is 8.99. The van der Waals surface area contributed by atoms with E-state index < -0.39 is 10.0 Å². The molecule has 106 valence electrons. The lowest BCUT2D eigenvalue weighted by Gasteiger charge is -2.32. The normalized spacial score (nSPS) is 20.3. The highest BCUT2D eigenvalue weighted by Crippen LogP contribution is 2.23. The molecule has 1 aliphatic rings. The molecule has 1 atom stereocenters. The molecule has 19 heavy (non-hydrogen) atoms. The molecule has 1 unspecified atom stereocenters.